The number of aliphatic carboxylic acids is 1. The zero-order valence-electron chi connectivity index (χ0n) is 9.65. The topological polar surface area (TPSA) is 89.1 Å². The first-order valence-corrected chi connectivity index (χ1v) is 5.52. The fourth-order valence-corrected chi connectivity index (χ4v) is 1.61. The molecule has 3 N–H and O–H groups in total. The summed E-state index contributed by atoms with van der Waals surface area (Å²) in [5.74, 6) is -0.993. The van der Waals surface area contributed by atoms with Gasteiger partial charge in [0.1, 0.15) is 6.04 Å². The van der Waals surface area contributed by atoms with Gasteiger partial charge in [0.25, 0.3) is 0 Å². The van der Waals surface area contributed by atoms with Gasteiger partial charge in [-0.2, -0.15) is 10.2 Å². The molecule has 0 fully saturated rings. The first-order valence-electron chi connectivity index (χ1n) is 5.52. The molecule has 0 saturated heterocycles. The summed E-state index contributed by atoms with van der Waals surface area (Å²) in [6.07, 6.45) is 1.93. The van der Waals surface area contributed by atoms with Crippen molar-refractivity contribution in [1.29, 1.82) is 0 Å². The summed E-state index contributed by atoms with van der Waals surface area (Å²) in [6, 6.07) is 10.3. The maximum Gasteiger partial charge on any atom is 0.320 e. The Hall–Kier alpha value is -2.27. The molecule has 0 amide bonds. The molecule has 0 aliphatic heterocycles. The first kappa shape index (κ1) is 12.2. The predicted molar refractivity (Wildman–Crippen MR) is 66.8 cm³/mol. The molecule has 1 atom stereocenters. The number of hydrogen-bond donors (Lipinski definition) is 2. The zero-order valence-corrected chi connectivity index (χ0v) is 9.65. The van der Waals surface area contributed by atoms with E-state index in [1.165, 1.54) is 0 Å². The van der Waals surface area contributed by atoms with E-state index in [-0.39, 0.29) is 0 Å². The third-order valence-electron chi connectivity index (χ3n) is 2.59. The molecule has 0 bridgehead atoms. The number of nitrogens with zero attached hydrogens (tertiary/aromatic N) is 2. The molecule has 0 aliphatic rings. The van der Waals surface area contributed by atoms with Gasteiger partial charge in [0.2, 0.25) is 0 Å². The van der Waals surface area contributed by atoms with Crippen LogP contribution in [0.3, 0.4) is 0 Å². The molecule has 2 rings (SSSR count). The normalized spacial score (nSPS) is 12.1. The second kappa shape index (κ2) is 5.37. The average molecular weight is 243 g/mol. The van der Waals surface area contributed by atoms with E-state index in [9.17, 15) is 4.79 Å². The van der Waals surface area contributed by atoms with Crippen LogP contribution in [-0.4, -0.2) is 27.3 Å². The number of aromatic nitrogens is 2. The largest absolute Gasteiger partial charge is 0.480 e. The van der Waals surface area contributed by atoms with Crippen molar-refractivity contribution in [3.05, 3.63) is 48.2 Å². The second-order valence-electron chi connectivity index (χ2n) is 3.95. The van der Waals surface area contributed by atoms with Gasteiger partial charge in [-0.25, -0.2) is 0 Å². The maximum atomic E-state index is 10.6. The molecule has 0 saturated carbocycles. The Morgan fingerprint density at radius 2 is 2.00 bits per heavy atom. The number of nitrogens with two attached hydrogens (primary N) is 1. The van der Waals surface area contributed by atoms with E-state index in [1.807, 2.05) is 36.4 Å². The third-order valence-corrected chi connectivity index (χ3v) is 2.59. The molecule has 1 aromatic heterocycles. The zero-order chi connectivity index (χ0) is 13.0. The van der Waals surface area contributed by atoms with E-state index < -0.39 is 12.0 Å². The van der Waals surface area contributed by atoms with E-state index >= 15 is 0 Å². The lowest BCUT2D eigenvalue weighted by Gasteiger charge is -2.07. The summed E-state index contributed by atoms with van der Waals surface area (Å²) in [7, 11) is 0. The Morgan fingerprint density at radius 3 is 2.56 bits per heavy atom. The number of carboxylic acid groups (broad SMARTS) is 1. The van der Waals surface area contributed by atoms with E-state index in [0.29, 0.717) is 6.42 Å². The smallest absolute Gasteiger partial charge is 0.320 e. The van der Waals surface area contributed by atoms with Crippen molar-refractivity contribution < 1.29 is 9.90 Å². The highest BCUT2D eigenvalue weighted by atomic mass is 16.4. The third kappa shape index (κ3) is 2.89. The standard InChI is InChI=1S/C13H13N3O2/c14-11(13(17)18)8-9-3-5-10(6-4-9)12-2-1-7-15-16-12/h1-7,11H,8,14H2,(H,17,18)/t11-/m0/s1. The van der Waals surface area contributed by atoms with Gasteiger partial charge in [-0.15, -0.1) is 0 Å². The van der Waals surface area contributed by atoms with Gasteiger partial charge in [0, 0.05) is 11.8 Å². The van der Waals surface area contributed by atoms with Crippen LogP contribution in [0.4, 0.5) is 0 Å². The molecule has 18 heavy (non-hydrogen) atoms. The minimum absolute atomic E-state index is 0.316. The van der Waals surface area contributed by atoms with Gasteiger partial charge < -0.3 is 10.8 Å². The summed E-state index contributed by atoms with van der Waals surface area (Å²) in [4.78, 5) is 10.6. The lowest BCUT2D eigenvalue weighted by atomic mass is 10.0. The Morgan fingerprint density at radius 1 is 1.28 bits per heavy atom. The molecule has 0 aliphatic carbocycles. The van der Waals surface area contributed by atoms with Crippen LogP contribution in [0.1, 0.15) is 5.56 Å². The SMILES string of the molecule is N[C@@H](Cc1ccc(-c2cccnn2)cc1)C(=O)O. The van der Waals surface area contributed by atoms with Crippen LogP contribution in [0, 0.1) is 0 Å². The maximum absolute atomic E-state index is 10.6. The molecule has 92 valence electrons. The first-order chi connectivity index (χ1) is 8.66. The van der Waals surface area contributed by atoms with Crippen molar-refractivity contribution in [2.45, 2.75) is 12.5 Å². The van der Waals surface area contributed by atoms with Crippen molar-refractivity contribution in [1.82, 2.24) is 10.2 Å². The molecule has 5 heteroatoms. The summed E-state index contributed by atoms with van der Waals surface area (Å²) in [5, 5.41) is 16.5. The molecule has 2 aromatic rings. The van der Waals surface area contributed by atoms with Gasteiger partial charge in [-0.05, 0) is 24.1 Å². The molecular weight excluding hydrogens is 230 g/mol. The Balaban J connectivity index is 2.13. The minimum Gasteiger partial charge on any atom is -0.480 e. The van der Waals surface area contributed by atoms with E-state index in [1.54, 1.807) is 6.20 Å². The number of benzene rings is 1. The highest BCUT2D eigenvalue weighted by Gasteiger charge is 2.11. The van der Waals surface area contributed by atoms with Gasteiger partial charge in [0.05, 0.1) is 5.69 Å². The van der Waals surface area contributed by atoms with E-state index in [0.717, 1.165) is 16.8 Å². The Bertz CT molecular complexity index is 526. The van der Waals surface area contributed by atoms with Crippen LogP contribution >= 0.6 is 0 Å². The Kier molecular flexibility index (Phi) is 3.64. The summed E-state index contributed by atoms with van der Waals surface area (Å²) in [6.45, 7) is 0. The number of carbonyl (C=O) groups is 1. The van der Waals surface area contributed by atoms with Crippen molar-refractivity contribution in [2.75, 3.05) is 0 Å². The van der Waals surface area contributed by atoms with Crippen LogP contribution in [0.2, 0.25) is 0 Å². The van der Waals surface area contributed by atoms with Gasteiger partial charge in [0.15, 0.2) is 0 Å². The highest BCUT2D eigenvalue weighted by molar-refractivity contribution is 5.73. The van der Waals surface area contributed by atoms with Gasteiger partial charge in [-0.3, -0.25) is 4.79 Å². The van der Waals surface area contributed by atoms with Gasteiger partial charge >= 0.3 is 5.97 Å². The number of rotatable bonds is 4. The fourth-order valence-electron chi connectivity index (χ4n) is 1.61. The van der Waals surface area contributed by atoms with Crippen LogP contribution < -0.4 is 5.73 Å². The molecule has 0 radical (unpaired) electrons. The average Bonchev–Trinajstić information content (AvgIpc) is 2.40. The summed E-state index contributed by atoms with van der Waals surface area (Å²) < 4.78 is 0. The molecule has 1 aromatic carbocycles. The molecule has 0 spiro atoms. The van der Waals surface area contributed by atoms with Crippen LogP contribution in [0.5, 0.6) is 0 Å². The van der Waals surface area contributed by atoms with E-state index in [2.05, 4.69) is 10.2 Å². The van der Waals surface area contributed by atoms with Crippen molar-refractivity contribution >= 4 is 5.97 Å². The molecule has 1 heterocycles. The second-order valence-corrected chi connectivity index (χ2v) is 3.95. The lowest BCUT2D eigenvalue weighted by Crippen LogP contribution is -2.32. The van der Waals surface area contributed by atoms with Crippen molar-refractivity contribution in [3.63, 3.8) is 0 Å². The summed E-state index contributed by atoms with van der Waals surface area (Å²) >= 11 is 0. The predicted octanol–water partition coefficient (Wildman–Crippen LogP) is 1.10. The highest BCUT2D eigenvalue weighted by Crippen LogP contribution is 2.16. The van der Waals surface area contributed by atoms with Crippen molar-refractivity contribution in [3.8, 4) is 11.3 Å². The van der Waals surface area contributed by atoms with Crippen molar-refractivity contribution in [2.24, 2.45) is 5.73 Å². The number of carboxylic acids is 1. The lowest BCUT2D eigenvalue weighted by molar-refractivity contribution is -0.138. The molecular formula is C13H13N3O2. The summed E-state index contributed by atoms with van der Waals surface area (Å²) in [5.41, 5.74) is 8.09. The fraction of sp³-hybridized carbons (Fsp3) is 0.154. The monoisotopic (exact) mass is 243 g/mol. The van der Waals surface area contributed by atoms with Crippen LogP contribution in [-0.2, 0) is 11.2 Å². The van der Waals surface area contributed by atoms with Crippen LogP contribution in [0.15, 0.2) is 42.6 Å². The van der Waals surface area contributed by atoms with Crippen LogP contribution in [0.25, 0.3) is 11.3 Å². The molecule has 5 nitrogen and oxygen atoms in total. The van der Waals surface area contributed by atoms with Gasteiger partial charge in [-0.1, -0.05) is 24.3 Å². The molecule has 0 unspecified atom stereocenters. The quantitative estimate of drug-likeness (QED) is 0.839. The minimum atomic E-state index is -0.993. The van der Waals surface area contributed by atoms with E-state index in [4.69, 9.17) is 10.8 Å². The number of hydrogen-bond acceptors (Lipinski definition) is 4. The Labute approximate surface area is 104 Å².